The maximum Gasteiger partial charge on any atom is 0.241 e. The van der Waals surface area contributed by atoms with Crippen molar-refractivity contribution in [3.63, 3.8) is 0 Å². The van der Waals surface area contributed by atoms with Gasteiger partial charge in [0.2, 0.25) is 8.32 Å². The summed E-state index contributed by atoms with van der Waals surface area (Å²) in [6.45, 7) is 20.5. The molecule has 0 aliphatic rings. The lowest BCUT2D eigenvalue weighted by molar-refractivity contribution is 0.401. The molecule has 0 aliphatic heterocycles. The fourth-order valence-electron chi connectivity index (χ4n) is 2.18. The van der Waals surface area contributed by atoms with Gasteiger partial charge >= 0.3 is 0 Å². The van der Waals surface area contributed by atoms with Crippen molar-refractivity contribution in [2.45, 2.75) is 85.7 Å². The highest BCUT2D eigenvalue weighted by molar-refractivity contribution is 6.81. The van der Waals surface area contributed by atoms with E-state index in [9.17, 15) is 0 Å². The van der Waals surface area contributed by atoms with Gasteiger partial charge in [0.05, 0.1) is 13.8 Å². The summed E-state index contributed by atoms with van der Waals surface area (Å²) in [5, 5.41) is 0. The first kappa shape index (κ1) is 21.5. The van der Waals surface area contributed by atoms with Crippen LogP contribution in [0.2, 0.25) is 39.3 Å². The zero-order valence-corrected chi connectivity index (χ0v) is 18.5. The Morgan fingerprint density at radius 2 is 1.36 bits per heavy atom. The molecule has 0 unspecified atom stereocenters. The maximum atomic E-state index is 6.30. The predicted octanol–water partition coefficient (Wildman–Crippen LogP) is 7.07. The van der Waals surface area contributed by atoms with Gasteiger partial charge in [0, 0.05) is 6.42 Å². The largest absolute Gasteiger partial charge is 0.548 e. The van der Waals surface area contributed by atoms with Gasteiger partial charge in [-0.1, -0.05) is 48.6 Å². The van der Waals surface area contributed by atoms with Crippen LogP contribution in [0.25, 0.3) is 0 Å². The molecule has 128 valence electrons. The summed E-state index contributed by atoms with van der Waals surface area (Å²) in [5.74, 6) is 1.24. The Kier molecular flexibility index (Phi) is 9.32. The van der Waals surface area contributed by atoms with Gasteiger partial charge in [-0.25, -0.2) is 0 Å². The molecule has 0 atom stereocenters. The van der Waals surface area contributed by atoms with Crippen LogP contribution in [-0.2, 0) is 4.43 Å². The van der Waals surface area contributed by atoms with Crippen molar-refractivity contribution in [2.24, 2.45) is 0 Å². The SMILES string of the molecule is CC(C)=CCC/C(C)=C/CC/C(=C/[Si](C)(C)C)O[Si](C)(C)C. The van der Waals surface area contributed by atoms with Crippen LogP contribution in [0.3, 0.4) is 0 Å². The normalized spacial score (nSPS) is 14.0. The molecule has 0 radical (unpaired) electrons. The van der Waals surface area contributed by atoms with Gasteiger partial charge in [-0.2, -0.15) is 0 Å². The average Bonchev–Trinajstić information content (AvgIpc) is 2.23. The lowest BCUT2D eigenvalue weighted by Crippen LogP contribution is -2.27. The molecule has 0 saturated heterocycles. The Bertz CT molecular complexity index is 414. The van der Waals surface area contributed by atoms with Gasteiger partial charge in [0.1, 0.15) is 0 Å². The van der Waals surface area contributed by atoms with Crippen LogP contribution in [-0.4, -0.2) is 16.4 Å². The van der Waals surface area contributed by atoms with Crippen LogP contribution in [0.5, 0.6) is 0 Å². The quantitative estimate of drug-likeness (QED) is 0.248. The summed E-state index contributed by atoms with van der Waals surface area (Å²) in [5.41, 5.74) is 5.35. The standard InChI is InChI=1S/C19H38OSi2/c1-17(2)12-10-13-18(3)14-11-15-19(16-21(4,5)6)20-22(7,8)9/h12,14,16H,10-11,13,15H2,1-9H3/b18-14+,19-16-. The number of rotatable bonds is 9. The van der Waals surface area contributed by atoms with Crippen molar-refractivity contribution in [3.05, 3.63) is 34.8 Å². The molecular weight excluding hydrogens is 300 g/mol. The molecule has 0 amide bonds. The molecule has 0 aromatic heterocycles. The zero-order chi connectivity index (χ0) is 17.4. The number of hydrogen-bond donors (Lipinski definition) is 0. The van der Waals surface area contributed by atoms with Crippen molar-refractivity contribution in [1.82, 2.24) is 0 Å². The van der Waals surface area contributed by atoms with Gasteiger partial charge in [-0.15, -0.1) is 0 Å². The molecular formula is C19H38OSi2. The highest BCUT2D eigenvalue weighted by Gasteiger charge is 2.19. The fraction of sp³-hybridized carbons (Fsp3) is 0.684. The Morgan fingerprint density at radius 3 is 1.82 bits per heavy atom. The minimum absolute atomic E-state index is 1.05. The monoisotopic (exact) mass is 338 g/mol. The van der Waals surface area contributed by atoms with Crippen LogP contribution in [0.1, 0.15) is 46.5 Å². The average molecular weight is 339 g/mol. The molecule has 0 saturated carbocycles. The molecule has 3 heteroatoms. The maximum absolute atomic E-state index is 6.30. The van der Waals surface area contributed by atoms with E-state index in [1.54, 1.807) is 0 Å². The van der Waals surface area contributed by atoms with Gasteiger partial charge in [0.25, 0.3) is 0 Å². The first-order valence-corrected chi connectivity index (χ1v) is 15.6. The van der Waals surface area contributed by atoms with Crippen molar-refractivity contribution in [2.75, 3.05) is 0 Å². The van der Waals surface area contributed by atoms with Crippen LogP contribution in [0.4, 0.5) is 0 Å². The minimum atomic E-state index is -1.51. The van der Waals surface area contributed by atoms with Crippen LogP contribution in [0.15, 0.2) is 34.8 Å². The van der Waals surface area contributed by atoms with E-state index >= 15 is 0 Å². The van der Waals surface area contributed by atoms with Crippen molar-refractivity contribution < 1.29 is 4.43 Å². The van der Waals surface area contributed by atoms with Crippen molar-refractivity contribution in [3.8, 4) is 0 Å². The molecule has 0 spiro atoms. The van der Waals surface area contributed by atoms with Crippen LogP contribution < -0.4 is 0 Å². The molecule has 1 nitrogen and oxygen atoms in total. The Morgan fingerprint density at radius 1 is 0.818 bits per heavy atom. The van der Waals surface area contributed by atoms with E-state index in [1.807, 2.05) is 0 Å². The first-order chi connectivity index (χ1) is 9.89. The minimum Gasteiger partial charge on any atom is -0.548 e. The molecule has 0 heterocycles. The topological polar surface area (TPSA) is 9.23 Å². The molecule has 0 aromatic carbocycles. The third-order valence-corrected chi connectivity index (χ3v) is 5.07. The van der Waals surface area contributed by atoms with E-state index in [2.05, 4.69) is 77.9 Å². The summed E-state index contributed by atoms with van der Waals surface area (Å²) in [7, 11) is -2.73. The number of allylic oxidation sites excluding steroid dienone is 5. The van der Waals surface area contributed by atoms with E-state index in [1.165, 1.54) is 23.3 Å². The molecule has 0 aromatic rings. The summed E-state index contributed by atoms with van der Waals surface area (Å²) < 4.78 is 6.30. The molecule has 0 fully saturated rings. The number of hydrogen-bond acceptors (Lipinski definition) is 1. The van der Waals surface area contributed by atoms with E-state index in [-0.39, 0.29) is 0 Å². The van der Waals surface area contributed by atoms with Crippen molar-refractivity contribution in [1.29, 1.82) is 0 Å². The second-order valence-electron chi connectivity index (χ2n) is 8.60. The zero-order valence-electron chi connectivity index (χ0n) is 16.5. The Hall–Kier alpha value is -0.546. The molecule has 22 heavy (non-hydrogen) atoms. The smallest absolute Gasteiger partial charge is 0.241 e. The second-order valence-corrected chi connectivity index (χ2v) is 18.1. The summed E-state index contributed by atoms with van der Waals surface area (Å²) >= 11 is 0. The highest BCUT2D eigenvalue weighted by Crippen LogP contribution is 2.20. The van der Waals surface area contributed by atoms with Crippen LogP contribution >= 0.6 is 0 Å². The van der Waals surface area contributed by atoms with E-state index < -0.39 is 16.4 Å². The Labute approximate surface area is 141 Å². The van der Waals surface area contributed by atoms with Gasteiger partial charge in [-0.05, 0) is 59.7 Å². The predicted molar refractivity (Wildman–Crippen MR) is 108 cm³/mol. The molecule has 0 bridgehead atoms. The third-order valence-electron chi connectivity index (χ3n) is 3.01. The summed E-state index contributed by atoms with van der Waals surface area (Å²) in [6.07, 6.45) is 9.20. The van der Waals surface area contributed by atoms with Gasteiger partial charge < -0.3 is 4.43 Å². The van der Waals surface area contributed by atoms with Gasteiger partial charge in [-0.3, -0.25) is 0 Å². The summed E-state index contributed by atoms with van der Waals surface area (Å²) in [4.78, 5) is 0. The van der Waals surface area contributed by atoms with E-state index in [4.69, 9.17) is 4.43 Å². The Balaban J connectivity index is 4.57. The highest BCUT2D eigenvalue weighted by atomic mass is 28.4. The molecule has 0 N–H and O–H groups in total. The second kappa shape index (κ2) is 9.56. The van der Waals surface area contributed by atoms with Gasteiger partial charge in [0.15, 0.2) is 0 Å². The van der Waals surface area contributed by atoms with Crippen LogP contribution in [0, 0.1) is 0 Å². The fourth-order valence-corrected chi connectivity index (χ4v) is 4.41. The van der Waals surface area contributed by atoms with E-state index in [0.29, 0.717) is 0 Å². The third kappa shape index (κ3) is 14.4. The first-order valence-electron chi connectivity index (χ1n) is 8.59. The molecule has 0 rings (SSSR count). The van der Waals surface area contributed by atoms with Crippen molar-refractivity contribution >= 4 is 16.4 Å². The lowest BCUT2D eigenvalue weighted by Gasteiger charge is -2.24. The van der Waals surface area contributed by atoms with E-state index in [0.717, 1.165) is 19.3 Å². The lowest BCUT2D eigenvalue weighted by atomic mass is 10.1. The summed E-state index contributed by atoms with van der Waals surface area (Å²) in [6, 6.07) is 0. The molecule has 0 aliphatic carbocycles.